The predicted molar refractivity (Wildman–Crippen MR) is 95.8 cm³/mol. The molecule has 2 rings (SSSR count). The van der Waals surface area contributed by atoms with E-state index in [0.717, 1.165) is 14.9 Å². The topological polar surface area (TPSA) is 26.3 Å². The molecule has 6 heteroatoms. The quantitative estimate of drug-likeness (QED) is 0.452. The number of thioether (sulfide) groups is 1. The smallest absolute Gasteiger partial charge is 0.302 e. The zero-order chi connectivity index (χ0) is 16.8. The second kappa shape index (κ2) is 8.52. The zero-order valence-electron chi connectivity index (χ0n) is 12.2. The van der Waals surface area contributed by atoms with Crippen molar-refractivity contribution in [2.75, 3.05) is 6.61 Å². The van der Waals surface area contributed by atoms with E-state index in [1.54, 1.807) is 12.1 Å². The van der Waals surface area contributed by atoms with E-state index in [2.05, 4.69) is 15.9 Å². The van der Waals surface area contributed by atoms with E-state index >= 15 is 0 Å². The molecule has 0 amide bonds. The summed E-state index contributed by atoms with van der Waals surface area (Å²) >= 11 is 11.2. The highest BCUT2D eigenvalue weighted by atomic mass is 79.9. The summed E-state index contributed by atoms with van der Waals surface area (Å²) in [6.07, 6.45) is 0. The van der Waals surface area contributed by atoms with Crippen molar-refractivity contribution in [2.24, 2.45) is 0 Å². The second-order valence-electron chi connectivity index (χ2n) is 4.58. The molecule has 0 atom stereocenters. The van der Waals surface area contributed by atoms with Crippen LogP contribution in [0.1, 0.15) is 12.5 Å². The van der Waals surface area contributed by atoms with Crippen molar-refractivity contribution in [3.63, 3.8) is 0 Å². The van der Waals surface area contributed by atoms with Gasteiger partial charge in [0.15, 0.2) is 0 Å². The third-order valence-corrected chi connectivity index (χ3v) is 4.97. The molecular weight excluding hydrogens is 403 g/mol. The van der Waals surface area contributed by atoms with Crippen LogP contribution in [0.2, 0.25) is 0 Å². The molecule has 0 bridgehead atoms. The number of carbonyl (C=O) groups is 1. The molecule has 2 nitrogen and oxygen atoms in total. The fraction of sp³-hybridized carbons (Fsp3) is 0.118. The Kier molecular flexibility index (Phi) is 6.69. The Morgan fingerprint density at radius 3 is 2.35 bits per heavy atom. The van der Waals surface area contributed by atoms with Crippen LogP contribution in [0.25, 0.3) is 5.03 Å². The minimum atomic E-state index is -0.387. The number of rotatable bonds is 5. The van der Waals surface area contributed by atoms with Gasteiger partial charge in [-0.2, -0.15) is 0 Å². The second-order valence-corrected chi connectivity index (χ2v) is 7.04. The minimum Gasteiger partial charge on any atom is -0.460 e. The van der Waals surface area contributed by atoms with Crippen LogP contribution in [0.3, 0.4) is 0 Å². The van der Waals surface area contributed by atoms with Crippen LogP contribution in [0.15, 0.2) is 62.8 Å². The molecule has 0 heterocycles. The van der Waals surface area contributed by atoms with Crippen molar-refractivity contribution >= 4 is 50.3 Å². The summed E-state index contributed by atoms with van der Waals surface area (Å²) in [7, 11) is 0. The normalized spacial score (nSPS) is 11.8. The first kappa shape index (κ1) is 18.0. The summed E-state index contributed by atoms with van der Waals surface area (Å²) < 4.78 is 19.0. The van der Waals surface area contributed by atoms with E-state index in [-0.39, 0.29) is 18.4 Å². The SMILES string of the molecule is CC(=O)OC/C(Sc1ccc(F)cc1)=C(/Cl)c1ccc(Br)cc1. The van der Waals surface area contributed by atoms with E-state index < -0.39 is 0 Å². The van der Waals surface area contributed by atoms with E-state index in [4.69, 9.17) is 16.3 Å². The molecular formula is C17H13BrClFO2S. The van der Waals surface area contributed by atoms with Crippen LogP contribution < -0.4 is 0 Å². The summed E-state index contributed by atoms with van der Waals surface area (Å²) in [5.74, 6) is -0.693. The zero-order valence-corrected chi connectivity index (χ0v) is 15.3. The Morgan fingerprint density at radius 2 is 1.78 bits per heavy atom. The van der Waals surface area contributed by atoms with Gasteiger partial charge in [0.25, 0.3) is 0 Å². The Balaban J connectivity index is 2.31. The van der Waals surface area contributed by atoms with Crippen molar-refractivity contribution in [1.82, 2.24) is 0 Å². The molecule has 120 valence electrons. The standard InChI is InChI=1S/C17H13BrClFO2S/c1-11(21)22-10-16(23-15-8-6-14(20)7-9-15)17(19)12-2-4-13(18)5-3-12/h2-9H,10H2,1H3/b17-16-. The van der Waals surface area contributed by atoms with Gasteiger partial charge in [-0.05, 0) is 42.0 Å². The predicted octanol–water partition coefficient (Wildman–Crippen LogP) is 5.85. The number of ether oxygens (including phenoxy) is 1. The molecule has 0 aromatic heterocycles. The van der Waals surface area contributed by atoms with Crippen LogP contribution in [0.5, 0.6) is 0 Å². The van der Waals surface area contributed by atoms with Crippen molar-refractivity contribution in [1.29, 1.82) is 0 Å². The van der Waals surface area contributed by atoms with Gasteiger partial charge in [0, 0.05) is 21.2 Å². The summed E-state index contributed by atoms with van der Waals surface area (Å²) in [4.78, 5) is 12.6. The molecule has 0 fully saturated rings. The summed E-state index contributed by atoms with van der Waals surface area (Å²) in [5, 5.41) is 0.494. The first-order valence-corrected chi connectivity index (χ1v) is 8.66. The molecule has 0 unspecified atom stereocenters. The third kappa shape index (κ3) is 5.68. The molecule has 0 aliphatic rings. The lowest BCUT2D eigenvalue weighted by Gasteiger charge is -2.11. The van der Waals surface area contributed by atoms with Crippen LogP contribution in [0.4, 0.5) is 4.39 Å². The maximum absolute atomic E-state index is 13.0. The highest BCUT2D eigenvalue weighted by Gasteiger charge is 2.11. The highest BCUT2D eigenvalue weighted by molar-refractivity contribution is 9.10. The largest absolute Gasteiger partial charge is 0.460 e. The van der Waals surface area contributed by atoms with E-state index in [1.165, 1.54) is 30.8 Å². The number of carbonyl (C=O) groups excluding carboxylic acids is 1. The van der Waals surface area contributed by atoms with Gasteiger partial charge in [0.2, 0.25) is 0 Å². The number of hydrogen-bond donors (Lipinski definition) is 0. The molecule has 0 spiro atoms. The van der Waals surface area contributed by atoms with Crippen molar-refractivity contribution in [3.05, 3.63) is 69.3 Å². The van der Waals surface area contributed by atoms with Gasteiger partial charge in [-0.15, -0.1) is 0 Å². The van der Waals surface area contributed by atoms with Crippen molar-refractivity contribution in [2.45, 2.75) is 11.8 Å². The molecule has 0 saturated heterocycles. The number of hydrogen-bond acceptors (Lipinski definition) is 3. The van der Waals surface area contributed by atoms with Crippen LogP contribution in [-0.4, -0.2) is 12.6 Å². The molecule has 2 aromatic carbocycles. The summed E-state index contributed by atoms with van der Waals surface area (Å²) in [6.45, 7) is 1.40. The minimum absolute atomic E-state index is 0.0618. The van der Waals surface area contributed by atoms with E-state index in [1.807, 2.05) is 24.3 Å². The maximum Gasteiger partial charge on any atom is 0.302 e. The molecule has 0 aliphatic heterocycles. The Morgan fingerprint density at radius 1 is 1.17 bits per heavy atom. The lowest BCUT2D eigenvalue weighted by molar-refractivity contribution is -0.139. The van der Waals surface area contributed by atoms with Gasteiger partial charge in [0.1, 0.15) is 12.4 Å². The van der Waals surface area contributed by atoms with Gasteiger partial charge in [-0.3, -0.25) is 4.79 Å². The van der Waals surface area contributed by atoms with Crippen molar-refractivity contribution in [3.8, 4) is 0 Å². The van der Waals surface area contributed by atoms with Gasteiger partial charge < -0.3 is 4.74 Å². The van der Waals surface area contributed by atoms with Gasteiger partial charge >= 0.3 is 5.97 Å². The molecule has 23 heavy (non-hydrogen) atoms. The van der Waals surface area contributed by atoms with Crippen LogP contribution >= 0.6 is 39.3 Å². The third-order valence-electron chi connectivity index (χ3n) is 2.80. The Hall–Kier alpha value is -1.30. The lowest BCUT2D eigenvalue weighted by atomic mass is 10.2. The highest BCUT2D eigenvalue weighted by Crippen LogP contribution is 2.35. The first-order valence-electron chi connectivity index (χ1n) is 6.67. The Labute approximate surface area is 151 Å². The fourth-order valence-corrected chi connectivity index (χ4v) is 3.15. The average Bonchev–Trinajstić information content (AvgIpc) is 2.53. The average molecular weight is 416 g/mol. The van der Waals surface area contributed by atoms with E-state index in [0.29, 0.717) is 9.94 Å². The molecule has 0 radical (unpaired) electrons. The number of halogens is 3. The summed E-state index contributed by atoms with van der Waals surface area (Å²) in [6, 6.07) is 13.5. The molecule has 0 aliphatic carbocycles. The van der Waals surface area contributed by atoms with Gasteiger partial charge in [-0.25, -0.2) is 4.39 Å². The first-order chi connectivity index (χ1) is 11.0. The molecule has 0 N–H and O–H groups in total. The number of benzene rings is 2. The maximum atomic E-state index is 13.0. The van der Waals surface area contributed by atoms with E-state index in [9.17, 15) is 9.18 Å². The fourth-order valence-electron chi connectivity index (χ4n) is 1.71. The van der Waals surface area contributed by atoms with Crippen LogP contribution in [-0.2, 0) is 9.53 Å². The van der Waals surface area contributed by atoms with Crippen LogP contribution in [0, 0.1) is 5.82 Å². The monoisotopic (exact) mass is 414 g/mol. The van der Waals surface area contributed by atoms with Crippen molar-refractivity contribution < 1.29 is 13.9 Å². The molecule has 0 saturated carbocycles. The lowest BCUT2D eigenvalue weighted by Crippen LogP contribution is -2.02. The van der Waals surface area contributed by atoms with Gasteiger partial charge in [0.05, 0.1) is 5.03 Å². The summed E-state index contributed by atoms with van der Waals surface area (Å²) in [5.41, 5.74) is 0.812. The number of esters is 1. The Bertz CT molecular complexity index is 714. The van der Waals surface area contributed by atoms with Gasteiger partial charge in [-0.1, -0.05) is 51.4 Å². The molecule has 2 aromatic rings.